The summed E-state index contributed by atoms with van der Waals surface area (Å²) < 4.78 is 1.05. The number of anilines is 1. The zero-order valence-electron chi connectivity index (χ0n) is 10.3. The number of aromatic nitrogens is 1. The molecule has 0 saturated carbocycles. The number of thiophene rings is 1. The van der Waals surface area contributed by atoms with E-state index in [0.29, 0.717) is 17.8 Å². The van der Waals surface area contributed by atoms with Crippen molar-refractivity contribution >= 4 is 38.9 Å². The number of pyridine rings is 1. The SMILES string of the molecule is CN(Cc1csc(Br)c1)C(=O)c1ccncc1NN. The van der Waals surface area contributed by atoms with Crippen molar-refractivity contribution in [2.75, 3.05) is 12.5 Å². The van der Waals surface area contributed by atoms with Gasteiger partial charge in [0.05, 0.1) is 21.2 Å². The summed E-state index contributed by atoms with van der Waals surface area (Å²) in [7, 11) is 1.76. The van der Waals surface area contributed by atoms with Gasteiger partial charge in [-0.25, -0.2) is 0 Å². The number of hydrogen-bond donors (Lipinski definition) is 2. The molecule has 0 bridgehead atoms. The van der Waals surface area contributed by atoms with Gasteiger partial charge >= 0.3 is 0 Å². The van der Waals surface area contributed by atoms with Crippen LogP contribution in [0.4, 0.5) is 5.69 Å². The number of hydrogen-bond acceptors (Lipinski definition) is 5. The Morgan fingerprint density at radius 1 is 1.63 bits per heavy atom. The molecule has 19 heavy (non-hydrogen) atoms. The van der Waals surface area contributed by atoms with Crippen LogP contribution in [-0.4, -0.2) is 22.8 Å². The second kappa shape index (κ2) is 6.14. The Balaban J connectivity index is 2.14. The van der Waals surface area contributed by atoms with Gasteiger partial charge in [0, 0.05) is 19.8 Å². The molecule has 0 spiro atoms. The van der Waals surface area contributed by atoms with Gasteiger partial charge in [0.15, 0.2) is 0 Å². The van der Waals surface area contributed by atoms with Crippen molar-refractivity contribution < 1.29 is 4.79 Å². The van der Waals surface area contributed by atoms with Gasteiger partial charge in [0.25, 0.3) is 5.91 Å². The molecule has 0 unspecified atom stereocenters. The lowest BCUT2D eigenvalue weighted by atomic mass is 10.2. The second-order valence-corrected chi connectivity index (χ2v) is 6.28. The smallest absolute Gasteiger partial charge is 0.256 e. The van der Waals surface area contributed by atoms with Crippen LogP contribution in [0, 0.1) is 0 Å². The first kappa shape index (κ1) is 14.0. The van der Waals surface area contributed by atoms with E-state index in [4.69, 9.17) is 5.84 Å². The van der Waals surface area contributed by atoms with Crippen LogP contribution in [0.25, 0.3) is 0 Å². The van der Waals surface area contributed by atoms with Crippen LogP contribution in [0.1, 0.15) is 15.9 Å². The van der Waals surface area contributed by atoms with Crippen molar-refractivity contribution in [3.05, 3.63) is 44.8 Å². The molecule has 0 radical (unpaired) electrons. The van der Waals surface area contributed by atoms with Crippen LogP contribution >= 0.6 is 27.3 Å². The molecule has 1 amide bonds. The lowest BCUT2D eigenvalue weighted by Crippen LogP contribution is -2.27. The van der Waals surface area contributed by atoms with Gasteiger partial charge in [-0.2, -0.15) is 0 Å². The van der Waals surface area contributed by atoms with Crippen LogP contribution in [0.2, 0.25) is 0 Å². The molecular formula is C12H13BrN4OS. The predicted octanol–water partition coefficient (Wildman–Crippen LogP) is 2.46. The van der Waals surface area contributed by atoms with Gasteiger partial charge in [-0.15, -0.1) is 11.3 Å². The maximum absolute atomic E-state index is 12.3. The summed E-state index contributed by atoms with van der Waals surface area (Å²) in [6.45, 7) is 0.549. The molecule has 0 aliphatic carbocycles. The van der Waals surface area contributed by atoms with Crippen molar-refractivity contribution in [2.24, 2.45) is 5.84 Å². The maximum atomic E-state index is 12.3. The Hall–Kier alpha value is -1.44. The number of nitrogens with two attached hydrogens (primary N) is 1. The van der Waals surface area contributed by atoms with E-state index in [1.165, 1.54) is 6.20 Å². The van der Waals surface area contributed by atoms with Gasteiger partial charge < -0.3 is 10.3 Å². The van der Waals surface area contributed by atoms with Gasteiger partial charge in [-0.05, 0) is 39.0 Å². The summed E-state index contributed by atoms with van der Waals surface area (Å²) in [5.74, 6) is 5.28. The maximum Gasteiger partial charge on any atom is 0.256 e. The van der Waals surface area contributed by atoms with Crippen LogP contribution in [0.5, 0.6) is 0 Å². The molecule has 0 aliphatic heterocycles. The highest BCUT2D eigenvalue weighted by molar-refractivity contribution is 9.11. The number of carbonyl (C=O) groups excluding carboxylic acids is 1. The molecule has 0 fully saturated rings. The Labute approximate surface area is 123 Å². The quantitative estimate of drug-likeness (QED) is 0.662. The number of rotatable bonds is 4. The predicted molar refractivity (Wildman–Crippen MR) is 79.9 cm³/mol. The number of amides is 1. The first-order valence-corrected chi connectivity index (χ1v) is 7.18. The van der Waals surface area contributed by atoms with E-state index in [9.17, 15) is 4.79 Å². The molecule has 2 aromatic heterocycles. The molecule has 100 valence electrons. The molecule has 0 saturated heterocycles. The summed E-state index contributed by atoms with van der Waals surface area (Å²) in [5.41, 5.74) is 4.60. The monoisotopic (exact) mass is 340 g/mol. The highest BCUT2D eigenvalue weighted by atomic mass is 79.9. The number of carbonyl (C=O) groups is 1. The molecule has 0 aromatic carbocycles. The summed E-state index contributed by atoms with van der Waals surface area (Å²) >= 11 is 5.01. The third-order valence-electron chi connectivity index (χ3n) is 2.60. The fraction of sp³-hybridized carbons (Fsp3) is 0.167. The minimum atomic E-state index is -0.0994. The lowest BCUT2D eigenvalue weighted by molar-refractivity contribution is 0.0786. The zero-order chi connectivity index (χ0) is 13.8. The van der Waals surface area contributed by atoms with Crippen molar-refractivity contribution in [1.82, 2.24) is 9.88 Å². The molecule has 5 nitrogen and oxygen atoms in total. The number of halogens is 1. The molecule has 2 rings (SSSR count). The Bertz CT molecular complexity index is 587. The van der Waals surface area contributed by atoms with Crippen LogP contribution < -0.4 is 11.3 Å². The number of nitrogen functional groups attached to an aromatic ring is 1. The molecule has 2 heterocycles. The van der Waals surface area contributed by atoms with E-state index in [-0.39, 0.29) is 5.91 Å². The topological polar surface area (TPSA) is 71.2 Å². The minimum Gasteiger partial charge on any atom is -0.337 e. The van der Waals surface area contributed by atoms with E-state index in [1.54, 1.807) is 35.5 Å². The van der Waals surface area contributed by atoms with Gasteiger partial charge in [0.2, 0.25) is 0 Å². The first-order valence-electron chi connectivity index (χ1n) is 5.51. The minimum absolute atomic E-state index is 0.0994. The van der Waals surface area contributed by atoms with E-state index >= 15 is 0 Å². The largest absolute Gasteiger partial charge is 0.337 e. The molecule has 7 heteroatoms. The highest BCUT2D eigenvalue weighted by Crippen LogP contribution is 2.22. The second-order valence-electron chi connectivity index (χ2n) is 3.99. The third kappa shape index (κ3) is 3.31. The highest BCUT2D eigenvalue weighted by Gasteiger charge is 2.16. The van der Waals surface area contributed by atoms with E-state index < -0.39 is 0 Å². The zero-order valence-corrected chi connectivity index (χ0v) is 12.7. The van der Waals surface area contributed by atoms with Gasteiger partial charge in [0.1, 0.15) is 0 Å². The molecule has 3 N–H and O–H groups in total. The summed E-state index contributed by atoms with van der Waals surface area (Å²) in [6.07, 6.45) is 3.10. The molecule has 2 aromatic rings. The lowest BCUT2D eigenvalue weighted by Gasteiger charge is -2.18. The fourth-order valence-corrected chi connectivity index (χ4v) is 2.88. The third-order valence-corrected chi connectivity index (χ3v) is 4.15. The van der Waals surface area contributed by atoms with Crippen molar-refractivity contribution in [1.29, 1.82) is 0 Å². The van der Waals surface area contributed by atoms with E-state index in [2.05, 4.69) is 26.3 Å². The number of nitrogens with one attached hydrogen (secondary N) is 1. The number of hydrazine groups is 1. The van der Waals surface area contributed by atoms with Gasteiger partial charge in [-0.3, -0.25) is 15.6 Å². The standard InChI is InChI=1S/C12H13BrN4OS/c1-17(6-8-4-11(13)19-7-8)12(18)9-2-3-15-5-10(9)16-14/h2-5,7,16H,6,14H2,1H3. The van der Waals surface area contributed by atoms with Crippen LogP contribution in [-0.2, 0) is 6.54 Å². The average Bonchev–Trinajstić information content (AvgIpc) is 2.83. The fourth-order valence-electron chi connectivity index (χ4n) is 1.68. The van der Waals surface area contributed by atoms with Crippen LogP contribution in [0.3, 0.4) is 0 Å². The average molecular weight is 341 g/mol. The molecular weight excluding hydrogens is 328 g/mol. The first-order chi connectivity index (χ1) is 9.11. The Kier molecular flexibility index (Phi) is 4.52. The van der Waals surface area contributed by atoms with Crippen molar-refractivity contribution in [3.63, 3.8) is 0 Å². The van der Waals surface area contributed by atoms with E-state index in [1.807, 2.05) is 11.4 Å². The molecule has 0 aliphatic rings. The van der Waals surface area contributed by atoms with Crippen LogP contribution in [0.15, 0.2) is 33.7 Å². The van der Waals surface area contributed by atoms with Crippen molar-refractivity contribution in [2.45, 2.75) is 6.54 Å². The Morgan fingerprint density at radius 2 is 2.42 bits per heavy atom. The number of nitrogens with zero attached hydrogens (tertiary/aromatic N) is 2. The van der Waals surface area contributed by atoms with Crippen molar-refractivity contribution in [3.8, 4) is 0 Å². The molecule has 0 atom stereocenters. The summed E-state index contributed by atoms with van der Waals surface area (Å²) in [6, 6.07) is 3.65. The van der Waals surface area contributed by atoms with Gasteiger partial charge in [-0.1, -0.05) is 0 Å². The Morgan fingerprint density at radius 3 is 3.05 bits per heavy atom. The van der Waals surface area contributed by atoms with E-state index in [0.717, 1.165) is 9.35 Å². The summed E-state index contributed by atoms with van der Waals surface area (Å²) in [5, 5.41) is 2.02. The normalized spacial score (nSPS) is 10.3. The summed E-state index contributed by atoms with van der Waals surface area (Å²) in [4.78, 5) is 17.9.